The average molecular weight is 230 g/mol. The molecular weight excluding hydrogens is 212 g/mol. The van der Waals surface area contributed by atoms with Gasteiger partial charge in [-0.05, 0) is 38.1 Å². The number of pyridine rings is 1. The van der Waals surface area contributed by atoms with Gasteiger partial charge in [-0.2, -0.15) is 0 Å². The number of fused-ring (bicyclic) bond motifs is 1. The van der Waals surface area contributed by atoms with Gasteiger partial charge in [-0.15, -0.1) is 0 Å². The maximum absolute atomic E-state index is 5.76. The molecule has 1 fully saturated rings. The number of aromatic nitrogens is 2. The summed E-state index contributed by atoms with van der Waals surface area (Å²) in [6.07, 6.45) is 8.02. The minimum atomic E-state index is 0.777. The number of piperidine rings is 1. The van der Waals surface area contributed by atoms with E-state index in [1.807, 2.05) is 22.7 Å². The number of nitrogens with two attached hydrogens (primary N) is 1. The molecule has 1 saturated heterocycles. The van der Waals surface area contributed by atoms with Crippen molar-refractivity contribution in [3.05, 3.63) is 30.2 Å². The smallest absolute Gasteiger partial charge is 0.137 e. The molecule has 3 heterocycles. The van der Waals surface area contributed by atoms with Gasteiger partial charge in [-0.25, -0.2) is 4.98 Å². The molecule has 0 bridgehead atoms. The van der Waals surface area contributed by atoms with Crippen LogP contribution in [0.5, 0.6) is 0 Å². The maximum atomic E-state index is 5.76. The van der Waals surface area contributed by atoms with Crippen molar-refractivity contribution in [2.75, 3.05) is 18.8 Å². The highest BCUT2D eigenvalue weighted by molar-refractivity contribution is 5.48. The minimum absolute atomic E-state index is 0.777. The number of hydrogen-bond acceptors (Lipinski definition) is 3. The zero-order valence-corrected chi connectivity index (χ0v) is 9.97. The van der Waals surface area contributed by atoms with Crippen LogP contribution in [0.1, 0.15) is 25.0 Å². The van der Waals surface area contributed by atoms with Gasteiger partial charge in [0.05, 0.1) is 5.69 Å². The van der Waals surface area contributed by atoms with E-state index in [9.17, 15) is 0 Å². The molecule has 4 heteroatoms. The van der Waals surface area contributed by atoms with Crippen molar-refractivity contribution in [1.82, 2.24) is 14.3 Å². The van der Waals surface area contributed by atoms with Crippen LogP contribution in [0.15, 0.2) is 24.5 Å². The molecule has 0 spiro atoms. The highest BCUT2D eigenvalue weighted by atomic mass is 15.1. The van der Waals surface area contributed by atoms with Gasteiger partial charge < -0.3 is 10.1 Å². The van der Waals surface area contributed by atoms with Crippen LogP contribution in [0.3, 0.4) is 0 Å². The summed E-state index contributed by atoms with van der Waals surface area (Å²) in [5.74, 6) is 0. The van der Waals surface area contributed by atoms with Gasteiger partial charge in [0.15, 0.2) is 0 Å². The molecule has 0 atom stereocenters. The minimum Gasteiger partial charge on any atom is -0.398 e. The van der Waals surface area contributed by atoms with Crippen molar-refractivity contribution in [2.24, 2.45) is 0 Å². The Morgan fingerprint density at radius 3 is 2.76 bits per heavy atom. The van der Waals surface area contributed by atoms with E-state index in [1.165, 1.54) is 32.4 Å². The van der Waals surface area contributed by atoms with E-state index >= 15 is 0 Å². The fourth-order valence-corrected chi connectivity index (χ4v) is 2.48. The van der Waals surface area contributed by atoms with Crippen molar-refractivity contribution < 1.29 is 0 Å². The van der Waals surface area contributed by atoms with E-state index in [4.69, 9.17) is 5.73 Å². The largest absolute Gasteiger partial charge is 0.398 e. The summed E-state index contributed by atoms with van der Waals surface area (Å²) in [7, 11) is 0. The Labute approximate surface area is 101 Å². The first-order valence-electron chi connectivity index (χ1n) is 6.27. The van der Waals surface area contributed by atoms with Crippen LogP contribution in [0.25, 0.3) is 5.65 Å². The van der Waals surface area contributed by atoms with Crippen LogP contribution in [0.2, 0.25) is 0 Å². The molecule has 90 valence electrons. The summed E-state index contributed by atoms with van der Waals surface area (Å²) in [5.41, 5.74) is 8.65. The maximum Gasteiger partial charge on any atom is 0.137 e. The third-order valence-electron chi connectivity index (χ3n) is 3.36. The van der Waals surface area contributed by atoms with E-state index in [0.717, 1.165) is 23.6 Å². The Morgan fingerprint density at radius 2 is 1.94 bits per heavy atom. The van der Waals surface area contributed by atoms with E-state index in [2.05, 4.69) is 16.1 Å². The van der Waals surface area contributed by atoms with Crippen LogP contribution in [0.4, 0.5) is 5.69 Å². The molecule has 0 aromatic carbocycles. The highest BCUT2D eigenvalue weighted by Gasteiger charge is 2.12. The Bertz CT molecular complexity index is 511. The van der Waals surface area contributed by atoms with E-state index in [0.29, 0.717) is 0 Å². The van der Waals surface area contributed by atoms with Crippen LogP contribution < -0.4 is 5.73 Å². The van der Waals surface area contributed by atoms with Gasteiger partial charge in [0.2, 0.25) is 0 Å². The first-order valence-corrected chi connectivity index (χ1v) is 6.27. The lowest BCUT2D eigenvalue weighted by Gasteiger charge is -2.25. The monoisotopic (exact) mass is 230 g/mol. The molecule has 0 saturated carbocycles. The lowest BCUT2D eigenvalue weighted by atomic mass is 10.1. The van der Waals surface area contributed by atoms with Crippen molar-refractivity contribution >= 4 is 11.3 Å². The van der Waals surface area contributed by atoms with Gasteiger partial charge in [-0.3, -0.25) is 4.90 Å². The molecule has 1 aliphatic rings. The van der Waals surface area contributed by atoms with Crippen molar-refractivity contribution in [1.29, 1.82) is 0 Å². The summed E-state index contributed by atoms with van der Waals surface area (Å²) in [6, 6.07) is 3.86. The molecule has 0 unspecified atom stereocenters. The molecule has 2 aromatic rings. The highest BCUT2D eigenvalue weighted by Crippen LogP contribution is 2.14. The van der Waals surface area contributed by atoms with Crippen LogP contribution >= 0.6 is 0 Å². The summed E-state index contributed by atoms with van der Waals surface area (Å²) in [5, 5.41) is 0. The second-order valence-corrected chi connectivity index (χ2v) is 4.80. The first kappa shape index (κ1) is 10.6. The number of nitrogens with zero attached hydrogens (tertiary/aromatic N) is 3. The number of hydrogen-bond donors (Lipinski definition) is 1. The predicted octanol–water partition coefficient (Wildman–Crippen LogP) is 1.90. The van der Waals surface area contributed by atoms with Crippen LogP contribution in [-0.4, -0.2) is 27.4 Å². The fourth-order valence-electron chi connectivity index (χ4n) is 2.48. The fraction of sp³-hybridized carbons (Fsp3) is 0.462. The van der Waals surface area contributed by atoms with E-state index in [1.54, 1.807) is 0 Å². The van der Waals surface area contributed by atoms with Crippen molar-refractivity contribution in [3.8, 4) is 0 Å². The Balaban J connectivity index is 1.80. The number of anilines is 1. The molecule has 17 heavy (non-hydrogen) atoms. The normalized spacial score (nSPS) is 17.6. The molecule has 1 aliphatic heterocycles. The van der Waals surface area contributed by atoms with Crippen molar-refractivity contribution in [2.45, 2.75) is 25.8 Å². The first-order chi connectivity index (χ1) is 8.31. The van der Waals surface area contributed by atoms with Gasteiger partial charge in [0.25, 0.3) is 0 Å². The molecule has 0 aliphatic carbocycles. The number of imidazole rings is 1. The zero-order chi connectivity index (χ0) is 11.7. The topological polar surface area (TPSA) is 46.6 Å². The third-order valence-corrected chi connectivity index (χ3v) is 3.36. The lowest BCUT2D eigenvalue weighted by Crippen LogP contribution is -2.29. The Kier molecular flexibility index (Phi) is 2.73. The average Bonchev–Trinajstić information content (AvgIpc) is 2.71. The number of rotatable bonds is 2. The molecule has 2 N–H and O–H groups in total. The van der Waals surface area contributed by atoms with Gasteiger partial charge in [0.1, 0.15) is 5.65 Å². The van der Waals surface area contributed by atoms with Gasteiger partial charge in [-0.1, -0.05) is 6.42 Å². The zero-order valence-electron chi connectivity index (χ0n) is 9.97. The molecular formula is C13H18N4. The summed E-state index contributed by atoms with van der Waals surface area (Å²) in [6.45, 7) is 3.37. The Morgan fingerprint density at radius 1 is 1.12 bits per heavy atom. The number of likely N-dealkylation sites (tertiary alicyclic amines) is 1. The molecule has 3 rings (SSSR count). The van der Waals surface area contributed by atoms with Crippen LogP contribution in [-0.2, 0) is 6.54 Å². The van der Waals surface area contributed by atoms with Gasteiger partial charge >= 0.3 is 0 Å². The molecule has 0 amide bonds. The Hall–Kier alpha value is -1.55. The summed E-state index contributed by atoms with van der Waals surface area (Å²) >= 11 is 0. The second kappa shape index (κ2) is 4.37. The SMILES string of the molecule is Nc1ccc2nc(CN3CCCCC3)cn2c1. The molecule has 4 nitrogen and oxygen atoms in total. The summed E-state index contributed by atoms with van der Waals surface area (Å²) < 4.78 is 2.01. The molecule has 2 aromatic heterocycles. The number of nitrogen functional groups attached to an aromatic ring is 1. The molecule has 0 radical (unpaired) electrons. The van der Waals surface area contributed by atoms with E-state index < -0.39 is 0 Å². The summed E-state index contributed by atoms with van der Waals surface area (Å²) in [4.78, 5) is 7.09. The standard InChI is InChI=1S/C13H18N4/c14-11-4-5-13-15-12(10-17(13)8-11)9-16-6-2-1-3-7-16/h4-5,8,10H,1-3,6-7,9,14H2. The second-order valence-electron chi connectivity index (χ2n) is 4.80. The quantitative estimate of drug-likeness (QED) is 0.857. The van der Waals surface area contributed by atoms with Gasteiger partial charge in [0, 0.05) is 24.6 Å². The van der Waals surface area contributed by atoms with Crippen molar-refractivity contribution in [3.63, 3.8) is 0 Å². The van der Waals surface area contributed by atoms with E-state index in [-0.39, 0.29) is 0 Å². The predicted molar refractivity (Wildman–Crippen MR) is 68.7 cm³/mol. The third kappa shape index (κ3) is 2.26. The van der Waals surface area contributed by atoms with Crippen LogP contribution in [0, 0.1) is 0 Å². The lowest BCUT2D eigenvalue weighted by molar-refractivity contribution is 0.219.